The topological polar surface area (TPSA) is 55.1 Å². The Bertz CT molecular complexity index is 292. The first-order valence-electron chi connectivity index (χ1n) is 4.29. The summed E-state index contributed by atoms with van der Waals surface area (Å²) in [7, 11) is 0. The minimum absolute atomic E-state index is 0.00372. The second-order valence-electron chi connectivity index (χ2n) is 3.31. The molecule has 1 aromatic heterocycles. The predicted octanol–water partition coefficient (Wildman–Crippen LogP) is 1.26. The summed E-state index contributed by atoms with van der Waals surface area (Å²) in [6.07, 6.45) is 0. The predicted molar refractivity (Wildman–Crippen MR) is 47.9 cm³/mol. The van der Waals surface area contributed by atoms with Crippen molar-refractivity contribution in [3.8, 4) is 0 Å². The first-order valence-corrected chi connectivity index (χ1v) is 4.29. The molecule has 13 heavy (non-hydrogen) atoms. The Balaban J connectivity index is 2.39. The molecule has 0 spiro atoms. The van der Waals surface area contributed by atoms with Gasteiger partial charge in [0.2, 0.25) is 5.91 Å². The molecule has 72 valence electrons. The largest absolute Gasteiger partial charge is 0.359 e. The van der Waals surface area contributed by atoms with Crippen LogP contribution in [0.5, 0.6) is 0 Å². The number of nitrogens with one attached hydrogen (secondary N) is 1. The van der Waals surface area contributed by atoms with Crippen molar-refractivity contribution in [2.45, 2.75) is 27.3 Å². The lowest BCUT2D eigenvalue weighted by Gasteiger charge is -2.04. The van der Waals surface area contributed by atoms with Gasteiger partial charge in [0.1, 0.15) is 0 Å². The molecule has 0 fully saturated rings. The van der Waals surface area contributed by atoms with E-state index in [-0.39, 0.29) is 11.8 Å². The third-order valence-corrected chi connectivity index (χ3v) is 1.64. The van der Waals surface area contributed by atoms with Crippen LogP contribution in [0.2, 0.25) is 0 Å². The lowest BCUT2D eigenvalue weighted by Crippen LogP contribution is -2.26. The van der Waals surface area contributed by atoms with Gasteiger partial charge >= 0.3 is 0 Å². The molecule has 0 aliphatic carbocycles. The molecule has 1 heterocycles. The van der Waals surface area contributed by atoms with Gasteiger partial charge in [-0.15, -0.1) is 0 Å². The van der Waals surface area contributed by atoms with Crippen LogP contribution in [-0.4, -0.2) is 11.1 Å². The second kappa shape index (κ2) is 4.07. The molecule has 0 saturated heterocycles. The lowest BCUT2D eigenvalue weighted by atomic mass is 10.2. The van der Waals surface area contributed by atoms with E-state index in [1.54, 1.807) is 6.07 Å². The van der Waals surface area contributed by atoms with Crippen molar-refractivity contribution in [1.82, 2.24) is 10.5 Å². The van der Waals surface area contributed by atoms with Crippen molar-refractivity contribution in [3.05, 3.63) is 17.5 Å². The Morgan fingerprint density at radius 3 is 2.85 bits per heavy atom. The van der Waals surface area contributed by atoms with Crippen LogP contribution in [0.3, 0.4) is 0 Å². The van der Waals surface area contributed by atoms with Gasteiger partial charge in [0.25, 0.3) is 0 Å². The average Bonchev–Trinajstić information content (AvgIpc) is 2.47. The van der Waals surface area contributed by atoms with Crippen LogP contribution in [-0.2, 0) is 11.3 Å². The monoisotopic (exact) mass is 182 g/mol. The smallest absolute Gasteiger partial charge is 0.222 e. The van der Waals surface area contributed by atoms with Gasteiger partial charge in [0.15, 0.2) is 5.76 Å². The summed E-state index contributed by atoms with van der Waals surface area (Å²) >= 11 is 0. The highest BCUT2D eigenvalue weighted by Crippen LogP contribution is 2.01. The number of hydrogen-bond donors (Lipinski definition) is 1. The molecule has 0 aliphatic heterocycles. The molecule has 1 aromatic rings. The van der Waals surface area contributed by atoms with Crippen LogP contribution in [0.1, 0.15) is 25.3 Å². The molecule has 0 radical (unpaired) electrons. The van der Waals surface area contributed by atoms with Crippen LogP contribution in [0, 0.1) is 12.8 Å². The van der Waals surface area contributed by atoms with E-state index in [0.29, 0.717) is 12.3 Å². The van der Waals surface area contributed by atoms with Gasteiger partial charge in [-0.25, -0.2) is 0 Å². The van der Waals surface area contributed by atoms with Crippen molar-refractivity contribution in [3.63, 3.8) is 0 Å². The van der Waals surface area contributed by atoms with Crippen LogP contribution in [0.15, 0.2) is 10.6 Å². The van der Waals surface area contributed by atoms with Crippen molar-refractivity contribution in [2.24, 2.45) is 5.92 Å². The number of amides is 1. The molecule has 1 N–H and O–H groups in total. The van der Waals surface area contributed by atoms with Gasteiger partial charge in [-0.3, -0.25) is 4.79 Å². The molecular weight excluding hydrogens is 168 g/mol. The molecule has 0 aromatic carbocycles. The molecule has 1 rings (SSSR count). The van der Waals surface area contributed by atoms with Gasteiger partial charge in [-0.1, -0.05) is 19.0 Å². The standard InChI is InChI=1S/C9H14N2O2/c1-6(2)9(12)10-5-8-4-7(3)11-13-8/h4,6H,5H2,1-3H3,(H,10,12). The molecular formula is C9H14N2O2. The fourth-order valence-corrected chi connectivity index (χ4v) is 0.878. The minimum Gasteiger partial charge on any atom is -0.359 e. The number of aryl methyl sites for hydroxylation is 1. The van der Waals surface area contributed by atoms with E-state index >= 15 is 0 Å². The van der Waals surface area contributed by atoms with E-state index in [0.717, 1.165) is 5.69 Å². The summed E-state index contributed by atoms with van der Waals surface area (Å²) in [4.78, 5) is 11.1. The summed E-state index contributed by atoms with van der Waals surface area (Å²) in [5.41, 5.74) is 0.828. The zero-order valence-corrected chi connectivity index (χ0v) is 8.13. The number of hydrogen-bond acceptors (Lipinski definition) is 3. The fraction of sp³-hybridized carbons (Fsp3) is 0.556. The highest BCUT2D eigenvalue weighted by molar-refractivity contribution is 5.77. The molecule has 0 bridgehead atoms. The second-order valence-corrected chi connectivity index (χ2v) is 3.31. The molecule has 4 heteroatoms. The van der Waals surface area contributed by atoms with Gasteiger partial charge in [0.05, 0.1) is 12.2 Å². The molecule has 0 aliphatic rings. The number of rotatable bonds is 3. The SMILES string of the molecule is Cc1cc(CNC(=O)C(C)C)on1. The van der Waals surface area contributed by atoms with Crippen LogP contribution >= 0.6 is 0 Å². The molecule has 0 saturated carbocycles. The zero-order valence-electron chi connectivity index (χ0n) is 8.13. The van der Waals surface area contributed by atoms with Crippen LogP contribution in [0.4, 0.5) is 0 Å². The maximum atomic E-state index is 11.1. The van der Waals surface area contributed by atoms with E-state index in [1.807, 2.05) is 20.8 Å². The van der Waals surface area contributed by atoms with Crippen molar-refractivity contribution in [2.75, 3.05) is 0 Å². The Hall–Kier alpha value is -1.32. The van der Waals surface area contributed by atoms with Crippen molar-refractivity contribution in [1.29, 1.82) is 0 Å². The van der Waals surface area contributed by atoms with Gasteiger partial charge in [0, 0.05) is 12.0 Å². The Morgan fingerprint density at radius 1 is 1.69 bits per heavy atom. The fourth-order valence-electron chi connectivity index (χ4n) is 0.878. The van der Waals surface area contributed by atoms with Gasteiger partial charge < -0.3 is 9.84 Å². The van der Waals surface area contributed by atoms with E-state index in [1.165, 1.54) is 0 Å². The third-order valence-electron chi connectivity index (χ3n) is 1.64. The summed E-state index contributed by atoms with van der Waals surface area (Å²) in [5.74, 6) is 0.713. The van der Waals surface area contributed by atoms with Gasteiger partial charge in [-0.2, -0.15) is 0 Å². The Labute approximate surface area is 77.3 Å². The van der Waals surface area contributed by atoms with Crippen LogP contribution < -0.4 is 5.32 Å². The maximum Gasteiger partial charge on any atom is 0.222 e. The maximum absolute atomic E-state index is 11.1. The van der Waals surface area contributed by atoms with Crippen LogP contribution in [0.25, 0.3) is 0 Å². The summed E-state index contributed by atoms with van der Waals surface area (Å²) in [5, 5.41) is 6.45. The summed E-state index contributed by atoms with van der Waals surface area (Å²) in [6.45, 7) is 5.96. The Morgan fingerprint density at radius 2 is 2.38 bits per heavy atom. The Kier molecular flexibility index (Phi) is 3.06. The summed E-state index contributed by atoms with van der Waals surface area (Å²) in [6, 6.07) is 1.81. The first kappa shape index (κ1) is 9.77. The van der Waals surface area contributed by atoms with E-state index in [4.69, 9.17) is 4.52 Å². The summed E-state index contributed by atoms with van der Waals surface area (Å²) < 4.78 is 4.93. The number of aromatic nitrogens is 1. The highest BCUT2D eigenvalue weighted by Gasteiger charge is 2.07. The van der Waals surface area contributed by atoms with Gasteiger partial charge in [-0.05, 0) is 6.92 Å². The van der Waals surface area contributed by atoms with Crippen molar-refractivity contribution >= 4 is 5.91 Å². The van der Waals surface area contributed by atoms with Crippen molar-refractivity contribution < 1.29 is 9.32 Å². The number of carbonyl (C=O) groups is 1. The molecule has 0 atom stereocenters. The average molecular weight is 182 g/mol. The third kappa shape index (κ3) is 2.89. The quantitative estimate of drug-likeness (QED) is 0.765. The zero-order chi connectivity index (χ0) is 9.84. The molecule has 4 nitrogen and oxygen atoms in total. The highest BCUT2D eigenvalue weighted by atomic mass is 16.5. The first-order chi connectivity index (χ1) is 6.09. The van der Waals surface area contributed by atoms with E-state index < -0.39 is 0 Å². The number of carbonyl (C=O) groups excluding carboxylic acids is 1. The number of nitrogens with zero attached hydrogens (tertiary/aromatic N) is 1. The normalized spacial score (nSPS) is 10.5. The minimum atomic E-state index is 0.00372. The lowest BCUT2D eigenvalue weighted by molar-refractivity contribution is -0.124. The molecule has 0 unspecified atom stereocenters. The molecule has 1 amide bonds. The van der Waals surface area contributed by atoms with E-state index in [2.05, 4.69) is 10.5 Å². The van der Waals surface area contributed by atoms with E-state index in [9.17, 15) is 4.79 Å².